The Balaban J connectivity index is 2.66. The third-order valence-corrected chi connectivity index (χ3v) is 3.60. The van der Waals surface area contributed by atoms with E-state index in [4.69, 9.17) is 0 Å². The van der Waals surface area contributed by atoms with Crippen LogP contribution in [0.4, 0.5) is 0 Å². The first-order valence-electron chi connectivity index (χ1n) is 6.28. The van der Waals surface area contributed by atoms with Gasteiger partial charge in [-0.3, -0.25) is 0 Å². The largest absolute Gasteiger partial charge is 0.0911 e. The molecule has 0 aliphatic heterocycles. The van der Waals surface area contributed by atoms with Crippen LogP contribution < -0.4 is 5.22 Å². The highest BCUT2D eigenvalue weighted by atomic mass is 14.1. The second kappa shape index (κ2) is 3.99. The van der Waals surface area contributed by atoms with E-state index in [1.807, 2.05) is 0 Å². The highest BCUT2D eigenvalue weighted by Crippen LogP contribution is 2.29. The van der Waals surface area contributed by atoms with Gasteiger partial charge in [0.1, 0.15) is 0 Å². The second-order valence-corrected chi connectivity index (χ2v) is 4.78. The molecule has 0 nitrogen and oxygen atoms in total. The maximum absolute atomic E-state index is 4.19. The maximum Gasteiger partial charge on any atom is -0.00244 e. The van der Waals surface area contributed by atoms with Crippen LogP contribution in [0, 0.1) is 6.92 Å². The maximum atomic E-state index is 4.19. The van der Waals surface area contributed by atoms with Crippen molar-refractivity contribution in [2.45, 2.75) is 13.8 Å². The van der Waals surface area contributed by atoms with Crippen molar-refractivity contribution in [1.29, 1.82) is 0 Å². The van der Waals surface area contributed by atoms with Gasteiger partial charge in [-0.15, -0.1) is 0 Å². The third kappa shape index (κ3) is 1.46. The molecule has 0 saturated carbocycles. The zero-order chi connectivity index (χ0) is 12.7. The van der Waals surface area contributed by atoms with Gasteiger partial charge in [0.05, 0.1) is 0 Å². The molecule has 3 rings (SSSR count). The van der Waals surface area contributed by atoms with Crippen LogP contribution in [0.1, 0.15) is 18.1 Å². The van der Waals surface area contributed by atoms with Crippen LogP contribution in [0.5, 0.6) is 0 Å². The predicted molar refractivity (Wildman–Crippen MR) is 81.6 cm³/mol. The number of rotatable bonds is 1. The van der Waals surface area contributed by atoms with Crippen molar-refractivity contribution >= 4 is 34.2 Å². The monoisotopic (exact) mass is 232 g/mol. The van der Waals surface area contributed by atoms with E-state index in [0.29, 0.717) is 0 Å². The zero-order valence-electron chi connectivity index (χ0n) is 10.8. The molecular formula is C18H16. The van der Waals surface area contributed by atoms with Crippen molar-refractivity contribution < 1.29 is 0 Å². The summed E-state index contributed by atoms with van der Waals surface area (Å²) >= 11 is 0. The van der Waals surface area contributed by atoms with Gasteiger partial charge in [-0.25, -0.2) is 0 Å². The molecule has 0 aliphatic rings. The first-order valence-corrected chi connectivity index (χ1v) is 6.28. The fourth-order valence-corrected chi connectivity index (χ4v) is 2.71. The van der Waals surface area contributed by atoms with Crippen LogP contribution in [0.15, 0.2) is 42.5 Å². The fraction of sp³-hybridized carbons (Fsp3) is 0.111. The predicted octanol–water partition coefficient (Wildman–Crippen LogP) is 4.46. The molecule has 3 aromatic rings. The summed E-state index contributed by atoms with van der Waals surface area (Å²) in [6, 6.07) is 13.1. The van der Waals surface area contributed by atoms with Gasteiger partial charge < -0.3 is 0 Å². The van der Waals surface area contributed by atoms with Crippen molar-refractivity contribution in [2.75, 3.05) is 0 Å². The Morgan fingerprint density at radius 1 is 0.944 bits per heavy atom. The smallest absolute Gasteiger partial charge is 0.00244 e. The number of benzene rings is 3. The summed E-state index contributed by atoms with van der Waals surface area (Å²) in [4.78, 5) is 0. The minimum Gasteiger partial charge on any atom is -0.0911 e. The van der Waals surface area contributed by atoms with E-state index in [1.165, 1.54) is 32.7 Å². The molecule has 3 aromatic carbocycles. The molecule has 0 atom stereocenters. The molecule has 18 heavy (non-hydrogen) atoms. The molecule has 0 saturated heterocycles. The molecule has 0 heteroatoms. The Labute approximate surface area is 107 Å². The lowest BCUT2D eigenvalue weighted by Crippen LogP contribution is -2.01. The summed E-state index contributed by atoms with van der Waals surface area (Å²) in [7, 11) is 0. The molecule has 0 fully saturated rings. The van der Waals surface area contributed by atoms with Crippen molar-refractivity contribution in [3.8, 4) is 0 Å². The van der Waals surface area contributed by atoms with E-state index in [2.05, 4.69) is 69.0 Å². The van der Waals surface area contributed by atoms with Crippen LogP contribution in [-0.2, 0) is 0 Å². The van der Waals surface area contributed by atoms with Gasteiger partial charge in [0.25, 0.3) is 0 Å². The second-order valence-electron chi connectivity index (χ2n) is 4.78. The number of allylic oxidation sites excluding steroid dienone is 1. The summed E-state index contributed by atoms with van der Waals surface area (Å²) in [6.45, 7) is 8.41. The molecule has 0 radical (unpaired) electrons. The van der Waals surface area contributed by atoms with Crippen molar-refractivity contribution in [2.24, 2.45) is 0 Å². The topological polar surface area (TPSA) is 0 Å². The van der Waals surface area contributed by atoms with Gasteiger partial charge in [-0.05, 0) is 51.7 Å². The number of aryl methyl sites for hydroxylation is 1. The summed E-state index contributed by atoms with van der Waals surface area (Å²) in [5.41, 5.74) is 2.58. The molecule has 0 unspecified atom stereocenters. The van der Waals surface area contributed by atoms with Crippen LogP contribution in [0.2, 0.25) is 0 Å². The van der Waals surface area contributed by atoms with Crippen LogP contribution >= 0.6 is 0 Å². The molecule has 0 aromatic heterocycles. The molecule has 88 valence electrons. The standard InChI is InChI=1S/C18H16/c1-4-5-14-9-10-15-8-6-12(2)16-11-7-13(3)17(14)18(15)16/h4-11H,3H2,1-2H3/b5-4-. The van der Waals surface area contributed by atoms with Gasteiger partial charge in [-0.2, -0.15) is 0 Å². The minimum absolute atomic E-state index is 1.10. The quantitative estimate of drug-likeness (QED) is 0.581. The van der Waals surface area contributed by atoms with Crippen molar-refractivity contribution in [3.63, 3.8) is 0 Å². The first-order chi connectivity index (χ1) is 8.72. The van der Waals surface area contributed by atoms with E-state index in [-0.39, 0.29) is 0 Å². The summed E-state index contributed by atoms with van der Waals surface area (Å²) in [5, 5.41) is 6.36. The summed E-state index contributed by atoms with van der Waals surface area (Å²) in [5.74, 6) is 0. The Bertz CT molecular complexity index is 807. The SMILES string of the molecule is C=c1ccc2c(C)ccc3ccc(/C=C\C)c1c32. The Kier molecular flexibility index (Phi) is 2.45. The van der Waals surface area contributed by atoms with Gasteiger partial charge >= 0.3 is 0 Å². The number of hydrogen-bond acceptors (Lipinski definition) is 0. The molecule has 0 aliphatic carbocycles. The van der Waals surface area contributed by atoms with Crippen molar-refractivity contribution in [3.05, 3.63) is 58.8 Å². The fourth-order valence-electron chi connectivity index (χ4n) is 2.71. The Hall–Kier alpha value is -2.08. The van der Waals surface area contributed by atoms with Crippen LogP contribution in [0.25, 0.3) is 34.2 Å². The lowest BCUT2D eigenvalue weighted by Gasteiger charge is -2.11. The molecular weight excluding hydrogens is 216 g/mol. The van der Waals surface area contributed by atoms with E-state index in [9.17, 15) is 0 Å². The lowest BCUT2D eigenvalue weighted by molar-refractivity contribution is 1.54. The average molecular weight is 232 g/mol. The van der Waals surface area contributed by atoms with E-state index < -0.39 is 0 Å². The highest BCUT2D eigenvalue weighted by molar-refractivity contribution is 6.13. The molecule has 0 amide bonds. The molecule has 0 N–H and O–H groups in total. The average Bonchev–Trinajstić information content (AvgIpc) is 2.37. The summed E-state index contributed by atoms with van der Waals surface area (Å²) in [6.07, 6.45) is 4.24. The third-order valence-electron chi connectivity index (χ3n) is 3.60. The summed E-state index contributed by atoms with van der Waals surface area (Å²) < 4.78 is 0. The van der Waals surface area contributed by atoms with Crippen LogP contribution in [-0.4, -0.2) is 0 Å². The first kappa shape index (κ1) is 11.0. The normalized spacial score (nSPS) is 11.9. The Morgan fingerprint density at radius 3 is 2.50 bits per heavy atom. The highest BCUT2D eigenvalue weighted by Gasteiger charge is 2.07. The van der Waals surface area contributed by atoms with Crippen LogP contribution in [0.3, 0.4) is 0 Å². The molecule has 0 heterocycles. The zero-order valence-corrected chi connectivity index (χ0v) is 10.8. The lowest BCUT2D eigenvalue weighted by atomic mass is 9.93. The molecule has 0 bridgehead atoms. The Morgan fingerprint density at radius 2 is 1.72 bits per heavy atom. The van der Waals surface area contributed by atoms with Gasteiger partial charge in [0, 0.05) is 0 Å². The number of hydrogen-bond donors (Lipinski definition) is 0. The van der Waals surface area contributed by atoms with E-state index in [0.717, 1.165) is 5.22 Å². The van der Waals surface area contributed by atoms with E-state index in [1.54, 1.807) is 0 Å². The van der Waals surface area contributed by atoms with Gasteiger partial charge in [0.15, 0.2) is 0 Å². The molecule has 0 spiro atoms. The minimum atomic E-state index is 1.10. The van der Waals surface area contributed by atoms with Gasteiger partial charge in [0.2, 0.25) is 0 Å². The van der Waals surface area contributed by atoms with Crippen molar-refractivity contribution in [1.82, 2.24) is 0 Å². The van der Waals surface area contributed by atoms with Gasteiger partial charge in [-0.1, -0.05) is 55.1 Å². The van der Waals surface area contributed by atoms with E-state index >= 15 is 0 Å².